The Morgan fingerprint density at radius 2 is 1.77 bits per heavy atom. The van der Waals surface area contributed by atoms with Crippen molar-refractivity contribution in [1.29, 1.82) is 0 Å². The van der Waals surface area contributed by atoms with Crippen LogP contribution in [-0.2, 0) is 21.2 Å². The Hall–Kier alpha value is -1.90. The van der Waals surface area contributed by atoms with Crippen LogP contribution in [-0.4, -0.2) is 45.8 Å². The molecule has 1 fully saturated rings. The van der Waals surface area contributed by atoms with Gasteiger partial charge in [-0.05, 0) is 49.2 Å². The summed E-state index contributed by atoms with van der Waals surface area (Å²) in [6.07, 6.45) is 1.98. The van der Waals surface area contributed by atoms with E-state index >= 15 is 0 Å². The van der Waals surface area contributed by atoms with Crippen LogP contribution in [0.2, 0.25) is 0 Å². The van der Waals surface area contributed by atoms with E-state index in [1.165, 1.54) is 15.6 Å². The lowest BCUT2D eigenvalue weighted by molar-refractivity contribution is -0.115. The van der Waals surface area contributed by atoms with Gasteiger partial charge in [0.25, 0.3) is 10.0 Å². The van der Waals surface area contributed by atoms with E-state index in [9.17, 15) is 13.2 Å². The summed E-state index contributed by atoms with van der Waals surface area (Å²) in [4.78, 5) is 15.0. The number of carbonyl (C=O) groups excluding carboxylic acids is 1. The molecule has 1 aromatic carbocycles. The van der Waals surface area contributed by atoms with E-state index in [1.54, 1.807) is 12.1 Å². The number of nitrogens with zero attached hydrogens (tertiary/aromatic N) is 2. The predicted octanol–water partition coefficient (Wildman–Crippen LogP) is 2.78. The number of amides is 1. The van der Waals surface area contributed by atoms with Crippen LogP contribution in [0.1, 0.15) is 17.7 Å². The maximum atomic E-state index is 12.5. The average molecular weight is 394 g/mol. The zero-order valence-corrected chi connectivity index (χ0v) is 16.6. The standard InChI is InChI=1S/C18H23N3O3S2/c1-20(2)15-7-5-14(6-8-15)19-17(22)13-16-9-10-18(25-16)26(23,24)21-11-3-4-12-21/h5-10H,3-4,11-13H2,1-2H3,(H,19,22). The molecule has 0 unspecified atom stereocenters. The fourth-order valence-electron chi connectivity index (χ4n) is 2.85. The molecule has 0 bridgehead atoms. The quantitative estimate of drug-likeness (QED) is 0.819. The molecular weight excluding hydrogens is 370 g/mol. The minimum Gasteiger partial charge on any atom is -0.378 e. The Morgan fingerprint density at radius 3 is 2.38 bits per heavy atom. The smallest absolute Gasteiger partial charge is 0.252 e. The van der Waals surface area contributed by atoms with Gasteiger partial charge >= 0.3 is 0 Å². The van der Waals surface area contributed by atoms with Gasteiger partial charge in [-0.15, -0.1) is 11.3 Å². The van der Waals surface area contributed by atoms with Crippen molar-refractivity contribution < 1.29 is 13.2 Å². The first-order chi connectivity index (χ1) is 12.4. The van der Waals surface area contributed by atoms with Gasteiger partial charge in [-0.3, -0.25) is 4.79 Å². The average Bonchev–Trinajstić information content (AvgIpc) is 3.27. The number of carbonyl (C=O) groups is 1. The normalized spacial score (nSPS) is 15.2. The first-order valence-corrected chi connectivity index (χ1v) is 10.8. The molecule has 0 saturated carbocycles. The van der Waals surface area contributed by atoms with Gasteiger partial charge in [0.05, 0.1) is 6.42 Å². The lowest BCUT2D eigenvalue weighted by Crippen LogP contribution is -2.27. The Bertz CT molecular complexity index is 867. The molecule has 1 amide bonds. The molecule has 2 heterocycles. The molecule has 0 aliphatic carbocycles. The first kappa shape index (κ1) is 18.9. The lowest BCUT2D eigenvalue weighted by Gasteiger charge is -2.13. The summed E-state index contributed by atoms with van der Waals surface area (Å²) in [5.74, 6) is -0.158. The fourth-order valence-corrected chi connectivity index (χ4v) is 5.88. The number of hydrogen-bond donors (Lipinski definition) is 1. The van der Waals surface area contributed by atoms with E-state index in [4.69, 9.17) is 0 Å². The van der Waals surface area contributed by atoms with Crippen molar-refractivity contribution in [1.82, 2.24) is 4.31 Å². The highest BCUT2D eigenvalue weighted by molar-refractivity contribution is 7.91. The monoisotopic (exact) mass is 393 g/mol. The minimum atomic E-state index is -3.41. The van der Waals surface area contributed by atoms with Crippen molar-refractivity contribution in [2.75, 3.05) is 37.4 Å². The van der Waals surface area contributed by atoms with Gasteiger partial charge in [-0.25, -0.2) is 8.42 Å². The number of hydrogen-bond acceptors (Lipinski definition) is 5. The molecule has 1 aliphatic heterocycles. The van der Waals surface area contributed by atoms with Gasteiger partial charge < -0.3 is 10.2 Å². The van der Waals surface area contributed by atoms with Crippen molar-refractivity contribution >= 4 is 38.6 Å². The van der Waals surface area contributed by atoms with E-state index < -0.39 is 10.0 Å². The lowest BCUT2D eigenvalue weighted by atomic mass is 10.2. The van der Waals surface area contributed by atoms with Gasteiger partial charge in [-0.2, -0.15) is 4.31 Å². The SMILES string of the molecule is CN(C)c1ccc(NC(=O)Cc2ccc(S(=O)(=O)N3CCCC3)s2)cc1. The predicted molar refractivity (Wildman–Crippen MR) is 105 cm³/mol. The summed E-state index contributed by atoms with van der Waals surface area (Å²) in [5.41, 5.74) is 1.78. The van der Waals surface area contributed by atoms with Crippen molar-refractivity contribution in [3.05, 3.63) is 41.3 Å². The molecule has 0 radical (unpaired) electrons. The highest BCUT2D eigenvalue weighted by atomic mass is 32.2. The molecule has 3 rings (SSSR count). The summed E-state index contributed by atoms with van der Waals surface area (Å²) < 4.78 is 26.9. The molecule has 1 aliphatic rings. The molecular formula is C18H23N3O3S2. The highest BCUT2D eigenvalue weighted by Crippen LogP contribution is 2.27. The first-order valence-electron chi connectivity index (χ1n) is 8.52. The zero-order chi connectivity index (χ0) is 18.7. The van der Waals surface area contributed by atoms with E-state index in [-0.39, 0.29) is 12.3 Å². The number of anilines is 2. The van der Waals surface area contributed by atoms with Crippen LogP contribution in [0.3, 0.4) is 0 Å². The Kier molecular flexibility index (Phi) is 5.64. The van der Waals surface area contributed by atoms with Crippen molar-refractivity contribution in [2.45, 2.75) is 23.5 Å². The molecule has 1 N–H and O–H groups in total. The van der Waals surface area contributed by atoms with Gasteiger partial charge in [0.2, 0.25) is 5.91 Å². The zero-order valence-electron chi connectivity index (χ0n) is 14.9. The topological polar surface area (TPSA) is 69.7 Å². The number of benzene rings is 1. The molecule has 2 aromatic rings. The van der Waals surface area contributed by atoms with E-state index in [0.717, 1.165) is 29.1 Å². The maximum Gasteiger partial charge on any atom is 0.252 e. The second-order valence-electron chi connectivity index (χ2n) is 6.50. The van der Waals surface area contributed by atoms with Crippen LogP contribution in [0.4, 0.5) is 11.4 Å². The summed E-state index contributed by atoms with van der Waals surface area (Å²) in [5, 5.41) is 2.85. The molecule has 26 heavy (non-hydrogen) atoms. The van der Waals surface area contributed by atoms with Crippen LogP contribution in [0.5, 0.6) is 0 Å². The summed E-state index contributed by atoms with van der Waals surface area (Å²) in [6.45, 7) is 1.16. The summed E-state index contributed by atoms with van der Waals surface area (Å²) >= 11 is 1.17. The second kappa shape index (κ2) is 7.77. The van der Waals surface area contributed by atoms with Gasteiger partial charge in [0.1, 0.15) is 4.21 Å². The number of nitrogens with one attached hydrogen (secondary N) is 1. The van der Waals surface area contributed by atoms with E-state index in [2.05, 4.69) is 5.32 Å². The Morgan fingerprint density at radius 1 is 1.12 bits per heavy atom. The highest BCUT2D eigenvalue weighted by Gasteiger charge is 2.28. The Balaban J connectivity index is 1.62. The van der Waals surface area contributed by atoms with Gasteiger partial charge in [0, 0.05) is 43.4 Å². The van der Waals surface area contributed by atoms with Crippen LogP contribution < -0.4 is 10.2 Å². The number of rotatable bonds is 6. The van der Waals surface area contributed by atoms with Crippen molar-refractivity contribution in [2.24, 2.45) is 0 Å². The van der Waals surface area contributed by atoms with Crippen molar-refractivity contribution in [3.8, 4) is 0 Å². The molecule has 1 aromatic heterocycles. The van der Waals surface area contributed by atoms with Gasteiger partial charge in [-0.1, -0.05) is 0 Å². The minimum absolute atomic E-state index is 0.158. The fraction of sp³-hybridized carbons (Fsp3) is 0.389. The summed E-state index contributed by atoms with van der Waals surface area (Å²) in [7, 11) is 0.503. The third kappa shape index (κ3) is 4.25. The van der Waals surface area contributed by atoms with Crippen LogP contribution in [0.15, 0.2) is 40.6 Å². The molecule has 6 nitrogen and oxygen atoms in total. The summed E-state index contributed by atoms with van der Waals surface area (Å²) in [6, 6.07) is 10.9. The molecule has 1 saturated heterocycles. The van der Waals surface area contributed by atoms with Crippen LogP contribution in [0.25, 0.3) is 0 Å². The third-order valence-electron chi connectivity index (χ3n) is 4.30. The molecule has 0 spiro atoms. The van der Waals surface area contributed by atoms with Crippen molar-refractivity contribution in [3.63, 3.8) is 0 Å². The van der Waals surface area contributed by atoms with Crippen LogP contribution >= 0.6 is 11.3 Å². The molecule has 0 atom stereocenters. The Labute approximate surface area is 158 Å². The van der Waals surface area contributed by atoms with E-state index in [0.29, 0.717) is 17.3 Å². The van der Waals surface area contributed by atoms with Crippen LogP contribution in [0, 0.1) is 0 Å². The largest absolute Gasteiger partial charge is 0.378 e. The maximum absolute atomic E-state index is 12.5. The second-order valence-corrected chi connectivity index (χ2v) is 9.83. The molecule has 8 heteroatoms. The van der Waals surface area contributed by atoms with Gasteiger partial charge in [0.15, 0.2) is 0 Å². The third-order valence-corrected chi connectivity index (χ3v) is 7.75. The van der Waals surface area contributed by atoms with E-state index in [1.807, 2.05) is 43.3 Å². The number of thiophene rings is 1. The molecule has 140 valence electrons. The number of sulfonamides is 1.